The topological polar surface area (TPSA) is 181 Å². The summed E-state index contributed by atoms with van der Waals surface area (Å²) in [4.78, 5) is 58.6. The molecule has 2 aromatic carbocycles. The molecule has 5 N–H and O–H groups in total. The van der Waals surface area contributed by atoms with Crippen molar-refractivity contribution in [3.63, 3.8) is 0 Å². The van der Waals surface area contributed by atoms with Gasteiger partial charge in [-0.3, -0.25) is 24.2 Å². The van der Waals surface area contributed by atoms with Crippen molar-refractivity contribution in [3.05, 3.63) is 81.9 Å². The first kappa shape index (κ1) is 48.8. The number of rotatable bonds is 13. The number of allylic oxidation sites excluding steroid dienone is 1. The number of benzene rings is 2. The molecule has 9 rings (SSSR count). The van der Waals surface area contributed by atoms with Crippen LogP contribution in [0.1, 0.15) is 107 Å². The fourth-order valence-electron chi connectivity index (χ4n) is 14.7. The number of likely N-dealkylation sites (N-methyl/N-ethyl adjacent to an activating group) is 1. The molecule has 3 fully saturated rings. The minimum atomic E-state index is -2.32. The summed E-state index contributed by atoms with van der Waals surface area (Å²) < 4.78 is 21.9. The molecule has 2 aromatic rings. The summed E-state index contributed by atoms with van der Waals surface area (Å²) in [5, 5.41) is 43.5. The van der Waals surface area contributed by atoms with Crippen molar-refractivity contribution in [1.82, 2.24) is 20.4 Å². The Kier molecular flexibility index (Phi) is 13.0. The molecule has 1 saturated carbocycles. The highest BCUT2D eigenvalue weighted by atomic mass is 31.1. The maximum absolute atomic E-state index is 14.9. The predicted molar refractivity (Wildman–Crippen MR) is 258 cm³/mol. The molecule has 2 amide bonds. The average Bonchev–Trinajstić information content (AvgIpc) is 3.98. The third kappa shape index (κ3) is 7.64. The van der Waals surface area contributed by atoms with Crippen LogP contribution in [0.4, 0.5) is 9.88 Å². The zero-order valence-electron chi connectivity index (χ0n) is 40.3. The van der Waals surface area contributed by atoms with E-state index in [2.05, 4.69) is 88.2 Å². The summed E-state index contributed by atoms with van der Waals surface area (Å²) in [6.07, 6.45) is 7.14. The molecular weight excluding hydrogens is 889 g/mol. The molecule has 16 heteroatoms. The van der Waals surface area contributed by atoms with E-state index in [0.717, 1.165) is 62.1 Å². The Bertz CT molecular complexity index is 2440. The molecule has 7 unspecified atom stereocenters. The lowest BCUT2D eigenvalue weighted by Crippen LogP contribution is -2.81. The SMILES string of the molecule is CCC1(O)CC2CN(CCC3=C(Cc4ccccc43)[C@](C)(c3cc4c(cc3C)N(C)C3[C@@]45CCN4CC=C[C@@](CC)(C45)[C@H](O)[C@@]3(O)C(=O)NCCOC(=O)C(C)NC(=O)CCC(=O)OPF)C2)C1. The number of hydrogen-bond donors (Lipinski definition) is 5. The predicted octanol–water partition coefficient (Wildman–Crippen LogP) is 4.69. The lowest BCUT2D eigenvalue weighted by molar-refractivity contribution is -0.203. The maximum Gasteiger partial charge on any atom is 0.328 e. The number of piperidine rings is 1. The third-order valence-corrected chi connectivity index (χ3v) is 17.8. The average molecular weight is 958 g/mol. The number of aliphatic hydroxyl groups excluding tert-OH is 1. The van der Waals surface area contributed by atoms with Crippen LogP contribution in [0.5, 0.6) is 0 Å². The van der Waals surface area contributed by atoms with Crippen LogP contribution < -0.4 is 15.5 Å². The zero-order valence-corrected chi connectivity index (χ0v) is 41.3. The van der Waals surface area contributed by atoms with Gasteiger partial charge in [0.2, 0.25) is 5.91 Å². The van der Waals surface area contributed by atoms with Gasteiger partial charge in [-0.15, -0.1) is 0 Å². The number of carbonyl (C=O) groups excluding carboxylic acids is 4. The van der Waals surface area contributed by atoms with Crippen LogP contribution in [0.2, 0.25) is 0 Å². The summed E-state index contributed by atoms with van der Waals surface area (Å²) in [5.41, 5.74) is 4.63. The quantitative estimate of drug-likeness (QED) is 0.0811. The van der Waals surface area contributed by atoms with Crippen molar-refractivity contribution >= 4 is 44.1 Å². The molecule has 0 aromatic heterocycles. The number of nitrogens with one attached hydrogen (secondary N) is 2. The van der Waals surface area contributed by atoms with Crippen molar-refractivity contribution in [3.8, 4) is 0 Å². The third-order valence-electron chi connectivity index (χ3n) is 17.5. The normalized spacial score (nSPS) is 35.0. The molecule has 5 aliphatic heterocycles. The van der Waals surface area contributed by atoms with Gasteiger partial charge in [0.05, 0.1) is 24.6 Å². The second-order valence-corrected chi connectivity index (χ2v) is 21.6. The molecule has 14 nitrogen and oxygen atoms in total. The number of aryl methyl sites for hydroxylation is 1. The van der Waals surface area contributed by atoms with Crippen molar-refractivity contribution < 1.29 is 48.0 Å². The van der Waals surface area contributed by atoms with Crippen molar-refractivity contribution in [1.29, 1.82) is 0 Å². The van der Waals surface area contributed by atoms with Crippen LogP contribution >= 0.6 is 9.12 Å². The van der Waals surface area contributed by atoms with Crippen LogP contribution in [0.25, 0.3) is 5.57 Å². The zero-order chi connectivity index (χ0) is 48.6. The van der Waals surface area contributed by atoms with Gasteiger partial charge in [-0.2, -0.15) is 4.20 Å². The van der Waals surface area contributed by atoms with Crippen LogP contribution in [0.15, 0.2) is 54.1 Å². The second kappa shape index (κ2) is 18.2. The minimum Gasteiger partial charge on any atom is -0.462 e. The fourth-order valence-corrected chi connectivity index (χ4v) is 14.8. The largest absolute Gasteiger partial charge is 0.462 e. The number of nitrogens with zero attached hydrogens (tertiary/aromatic N) is 3. The minimum absolute atomic E-state index is 0.176. The van der Waals surface area contributed by atoms with Gasteiger partial charge in [-0.05, 0) is 111 Å². The standard InChI is InChI=1S/C52H69FN5O9P/c1-7-49(64)28-33-27-48(5,38-25-34-12-9-10-13-35(34)36(38)16-21-57(29-33)30-49)37-26-39-40(24-31(37)3)56(6)45-51(39)18-22-58-20-11-17-50(8-2,44(51)58)46(62)52(45,65)47(63)54-19-23-66-43(61)32(4)55-41(59)14-15-42(60)67-68-53/h9-13,17,24,26,32-33,44-46,62,64-65,68H,7-8,14-16,18-23,25,27-30H2,1-6H3,(H,54,63)(H,55,59)/t32?,33?,44?,45?,46-,48-,49?,50-,51-,52+/m0/s1. The number of esters is 1. The fraction of sp³-hybridized carbons (Fsp3) is 0.615. The number of fused-ring (bicyclic) bond motifs is 5. The highest BCUT2D eigenvalue weighted by Crippen LogP contribution is 2.67. The van der Waals surface area contributed by atoms with E-state index in [0.29, 0.717) is 32.4 Å². The highest BCUT2D eigenvalue weighted by molar-refractivity contribution is 7.26. The molecule has 5 heterocycles. The van der Waals surface area contributed by atoms with E-state index in [4.69, 9.17) is 4.74 Å². The number of carbonyl (C=O) groups is 4. The maximum atomic E-state index is 14.9. The summed E-state index contributed by atoms with van der Waals surface area (Å²) in [7, 11) is 0.413. The van der Waals surface area contributed by atoms with Gasteiger partial charge in [0, 0.05) is 67.6 Å². The summed E-state index contributed by atoms with van der Waals surface area (Å²) >= 11 is 0. The Morgan fingerprint density at radius 2 is 1.81 bits per heavy atom. The van der Waals surface area contributed by atoms with E-state index in [1.54, 1.807) is 0 Å². The first-order valence-electron chi connectivity index (χ1n) is 24.7. The van der Waals surface area contributed by atoms with Gasteiger partial charge in [-0.1, -0.05) is 68.8 Å². The van der Waals surface area contributed by atoms with E-state index in [1.165, 1.54) is 34.8 Å². The molecule has 0 radical (unpaired) electrons. The Hall–Kier alpha value is -4.24. The van der Waals surface area contributed by atoms with Crippen molar-refractivity contribution in [2.45, 2.75) is 139 Å². The smallest absolute Gasteiger partial charge is 0.328 e. The summed E-state index contributed by atoms with van der Waals surface area (Å²) in [6, 6.07) is 11.3. The summed E-state index contributed by atoms with van der Waals surface area (Å²) in [5.74, 6) is -2.78. The Labute approximate surface area is 401 Å². The second-order valence-electron chi connectivity index (χ2n) is 21.2. The number of hydrogen-bond acceptors (Lipinski definition) is 12. The molecular formula is C52H69FN5O9P. The molecule has 2 bridgehead atoms. The van der Waals surface area contributed by atoms with Crippen LogP contribution in [0, 0.1) is 18.3 Å². The van der Waals surface area contributed by atoms with E-state index >= 15 is 0 Å². The van der Waals surface area contributed by atoms with Gasteiger partial charge < -0.3 is 40.1 Å². The van der Waals surface area contributed by atoms with E-state index < -0.39 is 78.5 Å². The van der Waals surface area contributed by atoms with Crippen molar-refractivity contribution in [2.75, 3.05) is 57.8 Å². The summed E-state index contributed by atoms with van der Waals surface area (Å²) in [6.45, 7) is 13.6. The lowest BCUT2D eigenvalue weighted by atomic mass is 9.47. The van der Waals surface area contributed by atoms with Gasteiger partial charge in [0.15, 0.2) is 5.60 Å². The van der Waals surface area contributed by atoms with E-state index in [9.17, 15) is 38.7 Å². The molecule has 12 atom stereocenters. The monoisotopic (exact) mass is 957 g/mol. The number of ether oxygens (including phenoxy) is 1. The molecule has 2 saturated heterocycles. The van der Waals surface area contributed by atoms with Crippen LogP contribution in [-0.2, 0) is 45.7 Å². The lowest BCUT2D eigenvalue weighted by Gasteiger charge is -2.63. The Morgan fingerprint density at radius 3 is 2.56 bits per heavy atom. The van der Waals surface area contributed by atoms with E-state index in [1.807, 2.05) is 24.9 Å². The van der Waals surface area contributed by atoms with E-state index in [-0.39, 0.29) is 38.0 Å². The number of amides is 2. The van der Waals surface area contributed by atoms with Gasteiger partial charge in [0.25, 0.3) is 15.0 Å². The van der Waals surface area contributed by atoms with Gasteiger partial charge >= 0.3 is 11.9 Å². The first-order valence-corrected chi connectivity index (χ1v) is 25.4. The first-order chi connectivity index (χ1) is 32.4. The number of halogens is 1. The Morgan fingerprint density at radius 1 is 1.03 bits per heavy atom. The molecule has 368 valence electrons. The van der Waals surface area contributed by atoms with Crippen molar-refractivity contribution in [2.24, 2.45) is 11.3 Å². The molecule has 68 heavy (non-hydrogen) atoms. The molecule has 2 aliphatic carbocycles. The van der Waals surface area contributed by atoms with Crippen LogP contribution in [0.3, 0.4) is 0 Å². The highest BCUT2D eigenvalue weighted by Gasteiger charge is 2.78. The molecule has 1 spiro atoms. The van der Waals surface area contributed by atoms with Gasteiger partial charge in [-0.25, -0.2) is 4.79 Å². The number of aliphatic hydroxyl groups is 3. The van der Waals surface area contributed by atoms with Crippen LogP contribution in [-0.4, -0.2) is 137 Å². The van der Waals surface area contributed by atoms with Gasteiger partial charge in [0.1, 0.15) is 18.8 Å². The Balaban J connectivity index is 1.06. The number of anilines is 1. The molecule has 7 aliphatic rings.